The monoisotopic (exact) mass is 310 g/mol. The van der Waals surface area contributed by atoms with E-state index >= 15 is 0 Å². The first-order chi connectivity index (χ1) is 9.97. The van der Waals surface area contributed by atoms with E-state index < -0.39 is 10.0 Å². The van der Waals surface area contributed by atoms with Gasteiger partial charge in [-0.2, -0.15) is 13.5 Å². The van der Waals surface area contributed by atoms with E-state index in [1.165, 1.54) is 0 Å². The minimum Gasteiger partial charge on any atom is -0.494 e. The van der Waals surface area contributed by atoms with Crippen LogP contribution in [0.25, 0.3) is 0 Å². The number of hydrogen-bond acceptors (Lipinski definition) is 5. The largest absolute Gasteiger partial charge is 0.494 e. The van der Waals surface area contributed by atoms with Gasteiger partial charge in [-0.3, -0.25) is 9.82 Å². The molecule has 0 bridgehead atoms. The molecule has 4 N–H and O–H groups in total. The van der Waals surface area contributed by atoms with Crippen molar-refractivity contribution < 1.29 is 13.2 Å². The maximum Gasteiger partial charge on any atom is 0.281 e. The average molecular weight is 310 g/mol. The molecule has 7 nitrogen and oxygen atoms in total. The Balaban J connectivity index is 2.24. The second-order valence-electron chi connectivity index (χ2n) is 4.40. The Morgan fingerprint density at radius 2 is 2.00 bits per heavy atom. The average Bonchev–Trinajstić information content (AvgIpc) is 2.83. The maximum atomic E-state index is 12.3. The molecule has 0 aliphatic rings. The number of H-pyrrole nitrogens is 1. The molecule has 0 saturated carbocycles. The van der Waals surface area contributed by atoms with Gasteiger partial charge in [-0.1, -0.05) is 0 Å². The molecule has 8 heteroatoms. The summed E-state index contributed by atoms with van der Waals surface area (Å²) in [7, 11) is -3.77. The summed E-state index contributed by atoms with van der Waals surface area (Å²) < 4.78 is 32.4. The fourth-order valence-corrected chi connectivity index (χ4v) is 3.15. The van der Waals surface area contributed by atoms with E-state index in [1.807, 2.05) is 6.92 Å². The molecule has 0 radical (unpaired) electrons. The Hall–Kier alpha value is -2.06. The van der Waals surface area contributed by atoms with E-state index in [9.17, 15) is 8.42 Å². The topological polar surface area (TPSA) is 110 Å². The minimum absolute atomic E-state index is 0.0728. The number of rotatable bonds is 6. The fraction of sp³-hybridized carbons (Fsp3) is 0.308. The Kier molecular flexibility index (Phi) is 4.49. The number of aromatic amines is 1. The van der Waals surface area contributed by atoms with Crippen molar-refractivity contribution in [1.29, 1.82) is 0 Å². The van der Waals surface area contributed by atoms with E-state index in [-0.39, 0.29) is 11.6 Å². The molecule has 0 atom stereocenters. The number of anilines is 1. The Morgan fingerprint density at radius 1 is 1.33 bits per heavy atom. The van der Waals surface area contributed by atoms with Crippen molar-refractivity contribution in [3.05, 3.63) is 35.5 Å². The van der Waals surface area contributed by atoms with Gasteiger partial charge in [-0.05, 0) is 38.1 Å². The summed E-state index contributed by atoms with van der Waals surface area (Å²) in [5.41, 5.74) is 7.13. The third-order valence-corrected chi connectivity index (χ3v) is 4.26. The summed E-state index contributed by atoms with van der Waals surface area (Å²) in [5.74, 6) is 0.679. The van der Waals surface area contributed by atoms with Crippen molar-refractivity contribution in [1.82, 2.24) is 10.2 Å². The summed E-state index contributed by atoms with van der Waals surface area (Å²) in [6.07, 6.45) is 0. The van der Waals surface area contributed by atoms with Gasteiger partial charge in [0.1, 0.15) is 5.75 Å². The molecule has 0 saturated heterocycles. The predicted molar refractivity (Wildman–Crippen MR) is 79.6 cm³/mol. The van der Waals surface area contributed by atoms with Crippen molar-refractivity contribution in [2.45, 2.75) is 25.4 Å². The molecule has 1 aromatic carbocycles. The zero-order chi connectivity index (χ0) is 15.5. The quantitative estimate of drug-likeness (QED) is 0.746. The number of ether oxygens (including phenoxy) is 1. The molecule has 0 aliphatic carbocycles. The highest BCUT2D eigenvalue weighted by atomic mass is 32.2. The summed E-state index contributed by atoms with van der Waals surface area (Å²) in [4.78, 5) is 0. The number of nitrogens with zero attached hydrogens (tertiary/aromatic N) is 1. The molecule has 114 valence electrons. The fourth-order valence-electron chi connectivity index (χ4n) is 1.88. The minimum atomic E-state index is -3.77. The lowest BCUT2D eigenvalue weighted by Gasteiger charge is -2.08. The number of nitrogens with two attached hydrogens (primary N) is 1. The molecule has 0 unspecified atom stereocenters. The van der Waals surface area contributed by atoms with Crippen molar-refractivity contribution in [3.63, 3.8) is 0 Å². The third kappa shape index (κ3) is 3.34. The number of nitrogens with one attached hydrogen (secondary N) is 2. The molecule has 1 heterocycles. The molecule has 0 amide bonds. The third-order valence-electron chi connectivity index (χ3n) is 2.91. The highest BCUT2D eigenvalue weighted by Gasteiger charge is 2.23. The van der Waals surface area contributed by atoms with Crippen molar-refractivity contribution in [2.24, 2.45) is 5.73 Å². The van der Waals surface area contributed by atoms with E-state index in [1.54, 1.807) is 31.2 Å². The van der Waals surface area contributed by atoms with Crippen molar-refractivity contribution in [2.75, 3.05) is 11.3 Å². The van der Waals surface area contributed by atoms with Crippen LogP contribution in [0.1, 0.15) is 18.2 Å². The molecule has 1 aromatic heterocycles. The highest BCUT2D eigenvalue weighted by Crippen LogP contribution is 2.21. The Morgan fingerprint density at radius 3 is 2.57 bits per heavy atom. The van der Waals surface area contributed by atoms with Gasteiger partial charge in [-0.15, -0.1) is 0 Å². The number of sulfonamides is 1. The standard InChI is InChI=1S/C13H18N4O3S/c1-3-20-11-6-4-10(5-7-11)17-21(18,19)13-12(8-14)9(2)15-16-13/h4-7,17H,3,8,14H2,1-2H3,(H,15,16). The van der Waals surface area contributed by atoms with Crippen LogP contribution in [0, 0.1) is 6.92 Å². The zero-order valence-electron chi connectivity index (χ0n) is 11.9. The molecule has 0 aliphatic heterocycles. The lowest BCUT2D eigenvalue weighted by Crippen LogP contribution is -2.16. The maximum absolute atomic E-state index is 12.3. The Bertz CT molecular complexity index is 708. The summed E-state index contributed by atoms with van der Waals surface area (Å²) >= 11 is 0. The smallest absolute Gasteiger partial charge is 0.281 e. The molecule has 0 fully saturated rings. The Labute approximate surface area is 123 Å². The zero-order valence-corrected chi connectivity index (χ0v) is 12.7. The van der Waals surface area contributed by atoms with E-state index in [4.69, 9.17) is 10.5 Å². The molecule has 2 rings (SSSR count). The number of aromatic nitrogens is 2. The molecular formula is C13H18N4O3S. The van der Waals surface area contributed by atoms with Gasteiger partial charge >= 0.3 is 0 Å². The van der Waals surface area contributed by atoms with Gasteiger partial charge in [0.25, 0.3) is 10.0 Å². The number of benzene rings is 1. The first kappa shape index (κ1) is 15.3. The van der Waals surface area contributed by atoms with Crippen LogP contribution in [0.2, 0.25) is 0 Å². The highest BCUT2D eigenvalue weighted by molar-refractivity contribution is 7.92. The van der Waals surface area contributed by atoms with Crippen LogP contribution < -0.4 is 15.2 Å². The number of aryl methyl sites for hydroxylation is 1. The van der Waals surface area contributed by atoms with Crippen molar-refractivity contribution in [3.8, 4) is 5.75 Å². The first-order valence-corrected chi connectivity index (χ1v) is 7.96. The lowest BCUT2D eigenvalue weighted by molar-refractivity contribution is 0.340. The van der Waals surface area contributed by atoms with Gasteiger partial charge in [0, 0.05) is 23.5 Å². The van der Waals surface area contributed by atoms with Crippen LogP contribution in [-0.4, -0.2) is 25.2 Å². The van der Waals surface area contributed by atoms with Gasteiger partial charge in [0.2, 0.25) is 5.03 Å². The normalized spacial score (nSPS) is 11.4. The second-order valence-corrected chi connectivity index (χ2v) is 6.00. The van der Waals surface area contributed by atoms with Gasteiger partial charge in [0.15, 0.2) is 0 Å². The van der Waals surface area contributed by atoms with Gasteiger partial charge in [0.05, 0.1) is 6.61 Å². The first-order valence-electron chi connectivity index (χ1n) is 6.47. The number of hydrogen-bond donors (Lipinski definition) is 3. The van der Waals surface area contributed by atoms with E-state index in [0.29, 0.717) is 29.3 Å². The van der Waals surface area contributed by atoms with Gasteiger partial charge in [-0.25, -0.2) is 0 Å². The summed E-state index contributed by atoms with van der Waals surface area (Å²) in [5, 5.41) is 6.39. The van der Waals surface area contributed by atoms with Crippen molar-refractivity contribution >= 4 is 15.7 Å². The summed E-state index contributed by atoms with van der Waals surface area (Å²) in [6.45, 7) is 4.26. The molecular weight excluding hydrogens is 292 g/mol. The van der Waals surface area contributed by atoms with Crippen LogP contribution in [0.5, 0.6) is 5.75 Å². The van der Waals surface area contributed by atoms with Crippen LogP contribution >= 0.6 is 0 Å². The van der Waals surface area contributed by atoms with Gasteiger partial charge < -0.3 is 10.5 Å². The molecule has 0 spiro atoms. The van der Waals surface area contributed by atoms with Crippen LogP contribution in [0.4, 0.5) is 5.69 Å². The van der Waals surface area contributed by atoms with Crippen LogP contribution in [-0.2, 0) is 16.6 Å². The lowest BCUT2D eigenvalue weighted by atomic mass is 10.3. The summed E-state index contributed by atoms with van der Waals surface area (Å²) in [6, 6.07) is 6.65. The molecule has 2 aromatic rings. The van der Waals surface area contributed by atoms with E-state index in [2.05, 4.69) is 14.9 Å². The predicted octanol–water partition coefficient (Wildman–Crippen LogP) is 1.38. The van der Waals surface area contributed by atoms with E-state index in [0.717, 1.165) is 0 Å². The van der Waals surface area contributed by atoms with Crippen LogP contribution in [0.3, 0.4) is 0 Å². The van der Waals surface area contributed by atoms with Crippen LogP contribution in [0.15, 0.2) is 29.3 Å². The SMILES string of the molecule is CCOc1ccc(NS(=O)(=O)c2n[nH]c(C)c2CN)cc1. The second kappa shape index (κ2) is 6.15. The molecule has 21 heavy (non-hydrogen) atoms.